The van der Waals surface area contributed by atoms with Crippen molar-refractivity contribution in [1.82, 2.24) is 0 Å². The Labute approximate surface area is 115 Å². The summed E-state index contributed by atoms with van der Waals surface area (Å²) >= 11 is 0. The highest BCUT2D eigenvalue weighted by Gasteiger charge is 2.14. The highest BCUT2D eigenvalue weighted by molar-refractivity contribution is 5.97. The monoisotopic (exact) mass is 262 g/mol. The van der Waals surface area contributed by atoms with Crippen molar-refractivity contribution in [3.63, 3.8) is 0 Å². The van der Waals surface area contributed by atoms with Crippen molar-refractivity contribution in [3.8, 4) is 0 Å². The fourth-order valence-electron chi connectivity index (χ4n) is 2.04. The molecule has 1 aromatic rings. The molecule has 0 aliphatic carbocycles. The van der Waals surface area contributed by atoms with Crippen LogP contribution in [0.15, 0.2) is 18.2 Å². The molecule has 0 aromatic heterocycles. The molecule has 0 amide bonds. The second kappa shape index (κ2) is 7.72. The molecule has 0 aliphatic heterocycles. The predicted octanol–water partition coefficient (Wildman–Crippen LogP) is 3.69. The molecular formula is C16H22O3. The van der Waals surface area contributed by atoms with E-state index in [4.69, 9.17) is 0 Å². The highest BCUT2D eigenvalue weighted by atomic mass is 16.6. The highest BCUT2D eigenvalue weighted by Crippen LogP contribution is 2.16. The van der Waals surface area contributed by atoms with Gasteiger partial charge in [-0.15, -0.1) is 0 Å². The average Bonchev–Trinajstić information content (AvgIpc) is 2.38. The zero-order valence-electron chi connectivity index (χ0n) is 12.0. The Hall–Kier alpha value is -1.64. The summed E-state index contributed by atoms with van der Waals surface area (Å²) in [6.45, 7) is 5.39. The molecule has 19 heavy (non-hydrogen) atoms. The van der Waals surface area contributed by atoms with E-state index in [1.165, 1.54) is 19.8 Å². The molecule has 0 spiro atoms. The van der Waals surface area contributed by atoms with Crippen LogP contribution in [0.25, 0.3) is 0 Å². The van der Waals surface area contributed by atoms with Crippen LogP contribution in [0.3, 0.4) is 0 Å². The van der Waals surface area contributed by atoms with Crippen LogP contribution in [0, 0.1) is 0 Å². The summed E-state index contributed by atoms with van der Waals surface area (Å²) < 4.78 is 4.68. The zero-order chi connectivity index (χ0) is 14.3. The van der Waals surface area contributed by atoms with Crippen molar-refractivity contribution in [2.75, 3.05) is 0 Å². The van der Waals surface area contributed by atoms with Gasteiger partial charge < -0.3 is 4.74 Å². The van der Waals surface area contributed by atoms with E-state index in [9.17, 15) is 9.59 Å². The van der Waals surface area contributed by atoms with Crippen LogP contribution in [-0.4, -0.2) is 11.9 Å². The standard InChI is InChI=1S/C16H22O3/c1-4-6-7-8-13-9-10-14(5-2)15(11-13)16(18)19-12(3)17/h9-11H,4-8H2,1-3H3. The molecule has 0 unspecified atom stereocenters. The largest absolute Gasteiger partial charge is 0.390 e. The quantitative estimate of drug-likeness (QED) is 0.446. The number of esters is 2. The number of carbonyl (C=O) groups excluding carboxylic acids is 2. The third kappa shape index (κ3) is 4.86. The van der Waals surface area contributed by atoms with Gasteiger partial charge in [0.05, 0.1) is 5.56 Å². The van der Waals surface area contributed by atoms with E-state index in [0.717, 1.165) is 30.4 Å². The number of carbonyl (C=O) groups is 2. The Morgan fingerprint density at radius 3 is 2.47 bits per heavy atom. The lowest BCUT2D eigenvalue weighted by atomic mass is 9.99. The van der Waals surface area contributed by atoms with Crippen LogP contribution in [0.2, 0.25) is 0 Å². The fourth-order valence-corrected chi connectivity index (χ4v) is 2.04. The van der Waals surface area contributed by atoms with Gasteiger partial charge in [-0.3, -0.25) is 4.79 Å². The van der Waals surface area contributed by atoms with E-state index >= 15 is 0 Å². The molecule has 3 nitrogen and oxygen atoms in total. The summed E-state index contributed by atoms with van der Waals surface area (Å²) in [5, 5.41) is 0. The van der Waals surface area contributed by atoms with E-state index in [0.29, 0.717) is 5.56 Å². The Balaban J connectivity index is 2.89. The summed E-state index contributed by atoms with van der Waals surface area (Å²) in [7, 11) is 0. The van der Waals surface area contributed by atoms with Gasteiger partial charge in [-0.1, -0.05) is 38.8 Å². The number of hydrogen-bond acceptors (Lipinski definition) is 3. The van der Waals surface area contributed by atoms with Crippen molar-refractivity contribution in [2.45, 2.75) is 52.9 Å². The topological polar surface area (TPSA) is 43.4 Å². The van der Waals surface area contributed by atoms with Gasteiger partial charge in [-0.25, -0.2) is 4.79 Å². The molecule has 1 rings (SSSR count). The first-order valence-corrected chi connectivity index (χ1v) is 6.93. The Morgan fingerprint density at radius 2 is 1.89 bits per heavy atom. The zero-order valence-corrected chi connectivity index (χ0v) is 12.0. The number of hydrogen-bond donors (Lipinski definition) is 0. The normalized spacial score (nSPS) is 10.3. The van der Waals surface area contributed by atoms with Crippen LogP contribution >= 0.6 is 0 Å². The molecule has 0 heterocycles. The van der Waals surface area contributed by atoms with Gasteiger partial charge >= 0.3 is 11.9 Å². The molecule has 0 bridgehead atoms. The molecule has 0 aliphatic rings. The third-order valence-electron chi connectivity index (χ3n) is 3.08. The first-order chi connectivity index (χ1) is 9.08. The lowest BCUT2D eigenvalue weighted by Gasteiger charge is -2.09. The fraction of sp³-hybridized carbons (Fsp3) is 0.500. The molecule has 0 saturated heterocycles. The van der Waals surface area contributed by atoms with Gasteiger partial charge in [0.25, 0.3) is 0 Å². The summed E-state index contributed by atoms with van der Waals surface area (Å²) in [4.78, 5) is 22.8. The van der Waals surface area contributed by atoms with Crippen LogP contribution in [0.4, 0.5) is 0 Å². The lowest BCUT2D eigenvalue weighted by Crippen LogP contribution is -2.12. The average molecular weight is 262 g/mol. The van der Waals surface area contributed by atoms with E-state index in [1.807, 2.05) is 19.1 Å². The summed E-state index contributed by atoms with van der Waals surface area (Å²) in [6, 6.07) is 5.87. The number of ether oxygens (including phenoxy) is 1. The molecule has 3 heteroatoms. The number of benzene rings is 1. The molecular weight excluding hydrogens is 240 g/mol. The first kappa shape index (κ1) is 15.4. The molecule has 1 aromatic carbocycles. The van der Waals surface area contributed by atoms with Gasteiger partial charge in [0.1, 0.15) is 0 Å². The van der Waals surface area contributed by atoms with E-state index < -0.39 is 11.9 Å². The Morgan fingerprint density at radius 1 is 1.16 bits per heavy atom. The maximum atomic E-state index is 11.9. The van der Waals surface area contributed by atoms with Gasteiger partial charge in [0.2, 0.25) is 0 Å². The smallest absolute Gasteiger partial charge is 0.346 e. The second-order valence-corrected chi connectivity index (χ2v) is 4.68. The summed E-state index contributed by atoms with van der Waals surface area (Å²) in [5.41, 5.74) is 2.57. The van der Waals surface area contributed by atoms with Crippen molar-refractivity contribution in [3.05, 3.63) is 34.9 Å². The minimum Gasteiger partial charge on any atom is -0.390 e. The van der Waals surface area contributed by atoms with Gasteiger partial charge in [0, 0.05) is 6.92 Å². The maximum Gasteiger partial charge on any atom is 0.346 e. The molecule has 0 fully saturated rings. The van der Waals surface area contributed by atoms with E-state index in [1.54, 1.807) is 0 Å². The van der Waals surface area contributed by atoms with Gasteiger partial charge in [-0.05, 0) is 36.5 Å². The minimum atomic E-state index is -0.566. The van der Waals surface area contributed by atoms with Gasteiger partial charge in [-0.2, -0.15) is 0 Å². The maximum absolute atomic E-state index is 11.9. The summed E-state index contributed by atoms with van der Waals surface area (Å²) in [6.07, 6.45) is 5.17. The molecule has 104 valence electrons. The van der Waals surface area contributed by atoms with E-state index in [-0.39, 0.29) is 0 Å². The van der Waals surface area contributed by atoms with E-state index in [2.05, 4.69) is 17.7 Å². The number of aryl methyl sites for hydroxylation is 2. The molecule has 0 saturated carbocycles. The Bertz CT molecular complexity index is 449. The summed E-state index contributed by atoms with van der Waals surface area (Å²) in [5.74, 6) is -1.11. The minimum absolute atomic E-state index is 0.520. The van der Waals surface area contributed by atoms with Crippen LogP contribution in [-0.2, 0) is 22.4 Å². The molecule has 0 radical (unpaired) electrons. The molecule has 0 N–H and O–H groups in total. The van der Waals surface area contributed by atoms with Crippen LogP contribution < -0.4 is 0 Å². The number of rotatable bonds is 6. The first-order valence-electron chi connectivity index (χ1n) is 6.93. The number of unbranched alkanes of at least 4 members (excludes halogenated alkanes) is 2. The third-order valence-corrected chi connectivity index (χ3v) is 3.08. The van der Waals surface area contributed by atoms with Crippen molar-refractivity contribution in [1.29, 1.82) is 0 Å². The van der Waals surface area contributed by atoms with Crippen molar-refractivity contribution >= 4 is 11.9 Å². The SMILES string of the molecule is CCCCCc1ccc(CC)c(C(=O)OC(C)=O)c1. The Kier molecular flexibility index (Phi) is 6.26. The predicted molar refractivity (Wildman–Crippen MR) is 75.1 cm³/mol. The lowest BCUT2D eigenvalue weighted by molar-refractivity contribution is -0.135. The van der Waals surface area contributed by atoms with Gasteiger partial charge in [0.15, 0.2) is 0 Å². The second-order valence-electron chi connectivity index (χ2n) is 4.68. The molecule has 0 atom stereocenters. The van der Waals surface area contributed by atoms with Crippen LogP contribution in [0.5, 0.6) is 0 Å². The van der Waals surface area contributed by atoms with Crippen molar-refractivity contribution < 1.29 is 14.3 Å². The van der Waals surface area contributed by atoms with Crippen molar-refractivity contribution in [2.24, 2.45) is 0 Å². The van der Waals surface area contributed by atoms with Crippen LogP contribution in [0.1, 0.15) is 61.5 Å².